The van der Waals surface area contributed by atoms with Gasteiger partial charge in [-0.25, -0.2) is 0 Å². The molecule has 0 spiro atoms. The first-order valence-corrected chi connectivity index (χ1v) is 15.4. The molecule has 4 saturated carbocycles. The van der Waals surface area contributed by atoms with Gasteiger partial charge in [-0.15, -0.1) is 44.5 Å². The second-order valence-corrected chi connectivity index (χ2v) is 12.2. The summed E-state index contributed by atoms with van der Waals surface area (Å²) in [7, 11) is 9.98. The van der Waals surface area contributed by atoms with Gasteiger partial charge in [-0.3, -0.25) is 0 Å². The van der Waals surface area contributed by atoms with E-state index in [2.05, 4.69) is 83.1 Å². The normalized spacial score (nSPS) is 31.9. The molecule has 2 unspecified atom stereocenters. The molecule has 0 aromatic heterocycles. The molecule has 6 rings (SSSR count). The van der Waals surface area contributed by atoms with Crippen molar-refractivity contribution < 1.29 is 18.2 Å². The maximum atomic E-state index is 4.49. The van der Waals surface area contributed by atoms with Crippen LogP contribution in [0.25, 0.3) is 11.1 Å². The number of anilines is 1. The van der Waals surface area contributed by atoms with Gasteiger partial charge in [0.1, 0.15) is 0 Å². The van der Waals surface area contributed by atoms with Crippen LogP contribution in [0.1, 0.15) is 51.4 Å². The van der Waals surface area contributed by atoms with Crippen molar-refractivity contribution >= 4 is 23.8 Å². The summed E-state index contributed by atoms with van der Waals surface area (Å²) in [6.45, 7) is 0. The van der Waals surface area contributed by atoms with E-state index in [1.807, 2.05) is 18.2 Å². The minimum absolute atomic E-state index is 1.14. The zero-order valence-electron chi connectivity index (χ0n) is 19.4. The number of fused-ring (bicyclic) bond motifs is 4. The Morgan fingerprint density at radius 3 is 1.88 bits per heavy atom. The van der Waals surface area contributed by atoms with Crippen molar-refractivity contribution in [1.82, 2.24) is 0 Å². The summed E-state index contributed by atoms with van der Waals surface area (Å²) in [4.78, 5) is 2.12. The van der Waals surface area contributed by atoms with Crippen LogP contribution in [0.3, 0.4) is 0 Å². The summed E-state index contributed by atoms with van der Waals surface area (Å²) >= 11 is 2.22. The summed E-state index contributed by atoms with van der Waals surface area (Å²) < 4.78 is 0. The molecule has 0 heterocycles. The Labute approximate surface area is 212 Å². The summed E-state index contributed by atoms with van der Waals surface area (Å²) in [6, 6.07) is 19.7. The van der Waals surface area contributed by atoms with Gasteiger partial charge in [0.25, 0.3) is 0 Å². The molecule has 4 fully saturated rings. The second kappa shape index (κ2) is 11.8. The van der Waals surface area contributed by atoms with E-state index in [4.69, 9.17) is 0 Å². The van der Waals surface area contributed by atoms with Crippen molar-refractivity contribution in [3.05, 3.63) is 54.6 Å². The number of benzene rings is 2. The first-order chi connectivity index (χ1) is 15.7. The molecule has 4 heteroatoms. The van der Waals surface area contributed by atoms with Gasteiger partial charge in [-0.1, -0.05) is 36.6 Å². The zero-order valence-corrected chi connectivity index (χ0v) is 22.7. The predicted molar refractivity (Wildman–Crippen MR) is 138 cm³/mol. The molecule has 0 saturated heterocycles. The van der Waals surface area contributed by atoms with Crippen LogP contribution in [0.15, 0.2) is 48.5 Å². The van der Waals surface area contributed by atoms with Crippen molar-refractivity contribution in [2.45, 2.75) is 62.7 Å². The maximum absolute atomic E-state index is 4.49. The third kappa shape index (κ3) is 5.81. The Kier molecular flexibility index (Phi) is 9.16. The fraction of sp³-hybridized carbons (Fsp3) is 0.571. The molecule has 6 atom stereocenters. The van der Waals surface area contributed by atoms with E-state index in [9.17, 15) is 0 Å². The number of nitrogens with zero attached hydrogens (tertiary/aromatic N) is 1. The molecule has 2 aromatic carbocycles. The van der Waals surface area contributed by atoms with Gasteiger partial charge in [0.05, 0.1) is 0 Å². The van der Waals surface area contributed by atoms with Crippen molar-refractivity contribution in [2.75, 3.05) is 19.0 Å². The van der Waals surface area contributed by atoms with E-state index in [-0.39, 0.29) is 0 Å². The molecule has 4 bridgehead atoms. The average molecular weight is 560 g/mol. The molecule has 4 aliphatic rings. The van der Waals surface area contributed by atoms with Gasteiger partial charge >= 0.3 is 27.7 Å². The van der Waals surface area contributed by atoms with Crippen LogP contribution in [-0.4, -0.2) is 25.4 Å². The summed E-state index contributed by atoms with van der Waals surface area (Å²) in [5.74, 6) is 4.72. The Bertz CT molecular complexity index is 818. The molecule has 0 N–H and O–H groups in total. The SMILES string of the molecule is C1C[C@@H]2C[C@H]1CC2PC1C[C@H]2CC[C@@H]1C2.CN(C)c1ccccc1-c1[c-]cccc1.[Cl][Pd+]. The summed E-state index contributed by atoms with van der Waals surface area (Å²) in [6.07, 6.45) is 12.9. The standard InChI is InChI=1S/C14H14N.C14H23P.ClH.Pd/c1-15(2)14-11-7-6-10-13(14)12-8-4-3-5-9-12;1-3-11-5-9(1)7-13(11)15-14-8-10-2-4-12(14)6-10;;/h3-8,10-11H,1-2H3;9-15H,1-8H2;1H;/q-1;;;+2/p-1/t;9-,10-,11+,12+,13?,14?;;/m.0../s1. The third-order valence-corrected chi connectivity index (χ3v) is 10.6. The molecule has 0 amide bonds. The topological polar surface area (TPSA) is 3.24 Å². The number of rotatable bonds is 4. The van der Waals surface area contributed by atoms with Crippen LogP contribution in [0.4, 0.5) is 5.69 Å². The Balaban J connectivity index is 0.000000142. The molecular formula is C28H37ClNPPd. The predicted octanol–water partition coefficient (Wildman–Crippen LogP) is 7.95. The average Bonchev–Trinajstić information content (AvgIpc) is 3.64. The van der Waals surface area contributed by atoms with Crippen molar-refractivity contribution in [3.8, 4) is 11.1 Å². The van der Waals surface area contributed by atoms with E-state index in [1.54, 1.807) is 51.4 Å². The van der Waals surface area contributed by atoms with Crippen LogP contribution in [0.5, 0.6) is 0 Å². The molecule has 176 valence electrons. The van der Waals surface area contributed by atoms with Crippen LogP contribution in [0, 0.1) is 29.7 Å². The van der Waals surface area contributed by atoms with Gasteiger partial charge in [-0.05, 0) is 79.6 Å². The second-order valence-electron chi connectivity index (χ2n) is 10.4. The third-order valence-electron chi connectivity index (χ3n) is 8.29. The Morgan fingerprint density at radius 2 is 1.41 bits per heavy atom. The van der Waals surface area contributed by atoms with Gasteiger partial charge in [-0.2, -0.15) is 0 Å². The Morgan fingerprint density at radius 1 is 0.812 bits per heavy atom. The minimum atomic E-state index is 1.14. The van der Waals surface area contributed by atoms with Gasteiger partial charge < -0.3 is 4.90 Å². The summed E-state index contributed by atoms with van der Waals surface area (Å²) in [5, 5.41) is 0. The van der Waals surface area contributed by atoms with Crippen LogP contribution < -0.4 is 4.90 Å². The first kappa shape index (κ1) is 24.7. The van der Waals surface area contributed by atoms with E-state index in [1.165, 1.54) is 54.8 Å². The van der Waals surface area contributed by atoms with Gasteiger partial charge in [0.15, 0.2) is 0 Å². The Hall–Kier alpha value is -0.378. The molecular weight excluding hydrogens is 523 g/mol. The fourth-order valence-electron chi connectivity index (χ4n) is 6.82. The molecule has 4 aliphatic carbocycles. The van der Waals surface area contributed by atoms with E-state index < -0.39 is 0 Å². The molecule has 1 nitrogen and oxygen atoms in total. The number of halogens is 1. The van der Waals surface area contributed by atoms with Crippen molar-refractivity contribution in [1.29, 1.82) is 0 Å². The summed E-state index contributed by atoms with van der Waals surface area (Å²) in [5.41, 5.74) is 5.99. The molecule has 0 radical (unpaired) electrons. The van der Waals surface area contributed by atoms with Gasteiger partial charge in [0, 0.05) is 19.8 Å². The van der Waals surface area contributed by atoms with Crippen molar-refractivity contribution in [2.24, 2.45) is 23.7 Å². The molecule has 32 heavy (non-hydrogen) atoms. The number of para-hydroxylation sites is 1. The quantitative estimate of drug-likeness (QED) is 0.209. The van der Waals surface area contributed by atoms with Gasteiger partial charge in [0.2, 0.25) is 0 Å². The molecule has 0 aliphatic heterocycles. The van der Waals surface area contributed by atoms with Crippen molar-refractivity contribution in [3.63, 3.8) is 0 Å². The fourth-order valence-corrected chi connectivity index (χ4v) is 9.46. The zero-order chi connectivity index (χ0) is 22.5. The van der Waals surface area contributed by atoms with E-state index in [0.717, 1.165) is 5.56 Å². The first-order valence-electron chi connectivity index (χ1n) is 12.3. The van der Waals surface area contributed by atoms with Crippen LogP contribution in [0.2, 0.25) is 0 Å². The number of hydrogen-bond donors (Lipinski definition) is 0. The van der Waals surface area contributed by atoms with E-state index >= 15 is 0 Å². The molecule has 2 aromatic rings. The number of hydrogen-bond acceptors (Lipinski definition) is 1. The monoisotopic (exact) mass is 559 g/mol. The van der Waals surface area contributed by atoms with E-state index in [0.29, 0.717) is 0 Å². The van der Waals surface area contributed by atoms with Crippen LogP contribution in [-0.2, 0) is 18.2 Å². The van der Waals surface area contributed by atoms with Crippen LogP contribution >= 0.6 is 18.1 Å².